The molecule has 0 aromatic heterocycles. The Morgan fingerprint density at radius 1 is 0.893 bits per heavy atom. The summed E-state index contributed by atoms with van der Waals surface area (Å²) in [5.41, 5.74) is -1.79. The van der Waals surface area contributed by atoms with Crippen LogP contribution in [0.15, 0.2) is 18.2 Å². The quantitative estimate of drug-likeness (QED) is 0.311. The predicted octanol–water partition coefficient (Wildman–Crippen LogP) is 0.718. The molecule has 0 aliphatic carbocycles. The Labute approximate surface area is 161 Å². The van der Waals surface area contributed by atoms with E-state index in [0.29, 0.717) is 6.54 Å². The van der Waals surface area contributed by atoms with Crippen LogP contribution >= 0.6 is 0 Å². The van der Waals surface area contributed by atoms with Gasteiger partial charge in [0.1, 0.15) is 0 Å². The van der Waals surface area contributed by atoms with Gasteiger partial charge in [-0.05, 0) is 18.6 Å². The standard InChI is InChI=1S/C9H6O6.C8H19NO4/c10-7(11)4-2-1-3-5(8(12)13)6(4)9(14)15;1-2-3-4-9(12-7-5-10)13-8-6-11/h1-3H,(H,10,11)(H,12,13)(H,14,15);10-11H,2-8H2,1H3. The van der Waals surface area contributed by atoms with Crippen molar-refractivity contribution in [1.82, 2.24) is 5.23 Å². The third kappa shape index (κ3) is 9.39. The number of hydrogen-bond acceptors (Lipinski definition) is 8. The van der Waals surface area contributed by atoms with E-state index >= 15 is 0 Å². The Hall–Kier alpha value is -2.57. The first-order valence-electron chi connectivity index (χ1n) is 8.38. The molecular formula is C17H25NO10. The van der Waals surface area contributed by atoms with Gasteiger partial charge < -0.3 is 25.5 Å². The maximum atomic E-state index is 10.7. The van der Waals surface area contributed by atoms with E-state index in [1.165, 1.54) is 11.3 Å². The summed E-state index contributed by atoms with van der Waals surface area (Å²) in [6.07, 6.45) is 2.00. The largest absolute Gasteiger partial charge is 0.478 e. The number of aliphatic hydroxyl groups excluding tert-OH is 2. The van der Waals surface area contributed by atoms with E-state index in [-0.39, 0.29) is 26.4 Å². The summed E-state index contributed by atoms with van der Waals surface area (Å²) >= 11 is 0. The highest BCUT2D eigenvalue weighted by molar-refractivity contribution is 6.08. The van der Waals surface area contributed by atoms with Crippen LogP contribution in [0.1, 0.15) is 50.8 Å². The van der Waals surface area contributed by atoms with Gasteiger partial charge in [-0.25, -0.2) is 14.4 Å². The van der Waals surface area contributed by atoms with Crippen LogP contribution in [0.2, 0.25) is 0 Å². The van der Waals surface area contributed by atoms with Crippen molar-refractivity contribution in [2.24, 2.45) is 0 Å². The van der Waals surface area contributed by atoms with Crippen LogP contribution in [0.25, 0.3) is 0 Å². The third-order valence-electron chi connectivity index (χ3n) is 3.09. The summed E-state index contributed by atoms with van der Waals surface area (Å²) in [6, 6.07) is 3.26. The van der Waals surface area contributed by atoms with Crippen molar-refractivity contribution in [3.8, 4) is 0 Å². The number of unbranched alkanes of at least 4 members (excludes halogenated alkanes) is 1. The fourth-order valence-corrected chi connectivity index (χ4v) is 1.88. The lowest BCUT2D eigenvalue weighted by molar-refractivity contribution is -0.371. The van der Waals surface area contributed by atoms with Gasteiger partial charge in [-0.1, -0.05) is 24.6 Å². The van der Waals surface area contributed by atoms with Gasteiger partial charge in [0, 0.05) is 0 Å². The van der Waals surface area contributed by atoms with Crippen LogP contribution < -0.4 is 0 Å². The minimum absolute atomic E-state index is 0.0366. The zero-order chi connectivity index (χ0) is 21.5. The third-order valence-corrected chi connectivity index (χ3v) is 3.09. The number of benzene rings is 1. The zero-order valence-electron chi connectivity index (χ0n) is 15.4. The van der Waals surface area contributed by atoms with Crippen LogP contribution in [0.3, 0.4) is 0 Å². The summed E-state index contributed by atoms with van der Waals surface area (Å²) in [6.45, 7) is 3.08. The topological polar surface area (TPSA) is 174 Å². The number of hydrogen-bond donors (Lipinski definition) is 5. The van der Waals surface area contributed by atoms with Gasteiger partial charge in [-0.3, -0.25) is 9.68 Å². The second-order valence-corrected chi connectivity index (χ2v) is 5.17. The van der Waals surface area contributed by atoms with E-state index in [0.717, 1.165) is 25.0 Å². The van der Waals surface area contributed by atoms with Gasteiger partial charge in [-0.15, -0.1) is 0 Å². The van der Waals surface area contributed by atoms with Crippen molar-refractivity contribution in [3.63, 3.8) is 0 Å². The van der Waals surface area contributed by atoms with Gasteiger partial charge in [0.15, 0.2) is 0 Å². The molecule has 0 spiro atoms. The molecule has 0 heterocycles. The molecule has 0 aliphatic rings. The first-order valence-corrected chi connectivity index (χ1v) is 8.38. The van der Waals surface area contributed by atoms with Gasteiger partial charge >= 0.3 is 17.9 Å². The predicted molar refractivity (Wildman–Crippen MR) is 95.0 cm³/mol. The molecule has 11 nitrogen and oxygen atoms in total. The van der Waals surface area contributed by atoms with E-state index in [1.54, 1.807) is 0 Å². The second kappa shape index (κ2) is 14.5. The second-order valence-electron chi connectivity index (χ2n) is 5.17. The average molecular weight is 403 g/mol. The number of carboxylic acids is 3. The molecular weight excluding hydrogens is 378 g/mol. The van der Waals surface area contributed by atoms with E-state index in [2.05, 4.69) is 6.92 Å². The lowest BCUT2D eigenvalue weighted by Gasteiger charge is -2.19. The van der Waals surface area contributed by atoms with Crippen LogP contribution in [0, 0.1) is 0 Å². The molecule has 1 aromatic carbocycles. The molecule has 0 unspecified atom stereocenters. The van der Waals surface area contributed by atoms with Crippen molar-refractivity contribution in [2.45, 2.75) is 19.8 Å². The monoisotopic (exact) mass is 403 g/mol. The Bertz CT molecular complexity index is 583. The number of hydroxylamine groups is 2. The SMILES string of the molecule is CCCCN(OCCO)OCCO.O=C(O)c1cccc(C(=O)O)c1C(=O)O. The summed E-state index contributed by atoms with van der Waals surface area (Å²) in [7, 11) is 0. The maximum Gasteiger partial charge on any atom is 0.337 e. The van der Waals surface area contributed by atoms with Gasteiger partial charge in [0.25, 0.3) is 0 Å². The van der Waals surface area contributed by atoms with Gasteiger partial charge in [-0.2, -0.15) is 0 Å². The van der Waals surface area contributed by atoms with E-state index in [4.69, 9.17) is 35.2 Å². The summed E-state index contributed by atoms with van der Waals surface area (Å²) in [4.78, 5) is 42.1. The van der Waals surface area contributed by atoms with Crippen molar-refractivity contribution in [2.75, 3.05) is 33.0 Å². The van der Waals surface area contributed by atoms with Crippen LogP contribution in [-0.2, 0) is 9.68 Å². The lowest BCUT2D eigenvalue weighted by Crippen LogP contribution is -2.28. The lowest BCUT2D eigenvalue weighted by atomic mass is 10.0. The summed E-state index contributed by atoms with van der Waals surface area (Å²) in [5.74, 6) is -4.53. The molecule has 0 fully saturated rings. The minimum Gasteiger partial charge on any atom is -0.478 e. The molecule has 0 saturated heterocycles. The Kier molecular flexibility index (Phi) is 13.2. The highest BCUT2D eigenvalue weighted by atomic mass is 16.9. The molecule has 28 heavy (non-hydrogen) atoms. The average Bonchev–Trinajstić information content (AvgIpc) is 2.67. The first-order chi connectivity index (χ1) is 13.3. The van der Waals surface area contributed by atoms with Crippen molar-refractivity contribution >= 4 is 17.9 Å². The van der Waals surface area contributed by atoms with Crippen molar-refractivity contribution < 1.29 is 49.6 Å². The van der Waals surface area contributed by atoms with Crippen molar-refractivity contribution in [3.05, 3.63) is 34.9 Å². The number of aromatic carboxylic acids is 3. The first kappa shape index (κ1) is 25.4. The molecule has 0 aliphatic heterocycles. The maximum absolute atomic E-state index is 10.7. The zero-order valence-corrected chi connectivity index (χ0v) is 15.4. The molecule has 1 aromatic rings. The number of nitrogens with zero attached hydrogens (tertiary/aromatic N) is 1. The van der Waals surface area contributed by atoms with E-state index in [9.17, 15) is 14.4 Å². The number of carbonyl (C=O) groups is 3. The molecule has 5 N–H and O–H groups in total. The highest BCUT2D eigenvalue weighted by Gasteiger charge is 2.23. The smallest absolute Gasteiger partial charge is 0.337 e. The van der Waals surface area contributed by atoms with E-state index in [1.807, 2.05) is 0 Å². The fourth-order valence-electron chi connectivity index (χ4n) is 1.88. The molecule has 11 heteroatoms. The molecule has 0 amide bonds. The number of carboxylic acid groups (broad SMARTS) is 3. The van der Waals surface area contributed by atoms with Gasteiger partial charge in [0.05, 0.1) is 49.7 Å². The van der Waals surface area contributed by atoms with Crippen LogP contribution in [0.4, 0.5) is 0 Å². The summed E-state index contributed by atoms with van der Waals surface area (Å²) < 4.78 is 0. The number of aliphatic hydroxyl groups is 2. The molecule has 158 valence electrons. The fraction of sp³-hybridized carbons (Fsp3) is 0.471. The minimum atomic E-state index is -1.58. The highest BCUT2D eigenvalue weighted by Crippen LogP contribution is 2.15. The Balaban J connectivity index is 0.000000528. The normalized spacial score (nSPS) is 10.3. The molecule has 1 rings (SSSR count). The van der Waals surface area contributed by atoms with Crippen LogP contribution in [-0.4, -0.2) is 81.6 Å². The van der Waals surface area contributed by atoms with E-state index < -0.39 is 34.6 Å². The molecule has 0 radical (unpaired) electrons. The Morgan fingerprint density at radius 2 is 1.36 bits per heavy atom. The molecule has 0 atom stereocenters. The van der Waals surface area contributed by atoms with Crippen LogP contribution in [0.5, 0.6) is 0 Å². The Morgan fingerprint density at radius 3 is 1.68 bits per heavy atom. The summed E-state index contributed by atoms with van der Waals surface area (Å²) in [5, 5.41) is 44.4. The molecule has 0 saturated carbocycles. The number of rotatable bonds is 12. The molecule has 0 bridgehead atoms. The van der Waals surface area contributed by atoms with Crippen molar-refractivity contribution in [1.29, 1.82) is 0 Å². The van der Waals surface area contributed by atoms with Gasteiger partial charge in [0.2, 0.25) is 0 Å².